The summed E-state index contributed by atoms with van der Waals surface area (Å²) in [6.45, 7) is 11.0. The number of hydrogen-bond donors (Lipinski definition) is 2. The molecule has 0 unspecified atom stereocenters. The molecule has 0 amide bonds. The number of aliphatic hydroxyl groups is 2. The fourth-order valence-corrected chi connectivity index (χ4v) is 5.10. The van der Waals surface area contributed by atoms with Gasteiger partial charge in [-0.2, -0.15) is 0 Å². The van der Waals surface area contributed by atoms with Crippen LogP contribution in [0.4, 0.5) is 0 Å². The Kier molecular flexibility index (Phi) is 4.11. The lowest BCUT2D eigenvalue weighted by Crippen LogP contribution is -2.53. The Hall–Kier alpha value is -0.860. The summed E-state index contributed by atoms with van der Waals surface area (Å²) in [4.78, 5) is 0. The van der Waals surface area contributed by atoms with Crippen LogP contribution in [0.15, 0.2) is 34.9 Å². The van der Waals surface area contributed by atoms with Gasteiger partial charge < -0.3 is 10.2 Å². The monoisotopic (exact) mass is 302 g/mol. The molecule has 3 aliphatic carbocycles. The summed E-state index contributed by atoms with van der Waals surface area (Å²) < 4.78 is 0. The minimum Gasteiger partial charge on any atom is -0.390 e. The SMILES string of the molecule is C=C1[C@@H]2/C3=C(/C)CC/C=C(\C)CC[C@@H]1[C@H](O)[C@H](O)[C@@]2(C)CC3. The first kappa shape index (κ1) is 16.0. The van der Waals surface area contributed by atoms with Crippen molar-refractivity contribution in [2.45, 2.75) is 71.5 Å². The van der Waals surface area contributed by atoms with Crippen molar-refractivity contribution >= 4 is 0 Å². The van der Waals surface area contributed by atoms with Gasteiger partial charge in [0, 0.05) is 17.3 Å². The maximum absolute atomic E-state index is 10.8. The van der Waals surface area contributed by atoms with Crippen LogP contribution in [-0.2, 0) is 0 Å². The van der Waals surface area contributed by atoms with Crippen LogP contribution in [0.25, 0.3) is 0 Å². The molecular weight excluding hydrogens is 272 g/mol. The summed E-state index contributed by atoms with van der Waals surface area (Å²) >= 11 is 0. The molecule has 0 radical (unpaired) electrons. The molecule has 5 atom stereocenters. The van der Waals surface area contributed by atoms with Crippen LogP contribution in [0.1, 0.15) is 59.3 Å². The maximum Gasteiger partial charge on any atom is 0.0870 e. The number of aliphatic hydroxyl groups excluding tert-OH is 2. The summed E-state index contributed by atoms with van der Waals surface area (Å²) in [7, 11) is 0. The van der Waals surface area contributed by atoms with Crippen LogP contribution in [0.5, 0.6) is 0 Å². The Bertz CT molecular complexity index is 542. The van der Waals surface area contributed by atoms with Crippen molar-refractivity contribution in [1.82, 2.24) is 0 Å². The van der Waals surface area contributed by atoms with E-state index in [0.717, 1.165) is 38.5 Å². The molecule has 0 spiro atoms. The average molecular weight is 302 g/mol. The predicted molar refractivity (Wildman–Crippen MR) is 90.4 cm³/mol. The highest BCUT2D eigenvalue weighted by atomic mass is 16.3. The second kappa shape index (κ2) is 5.65. The molecule has 2 heteroatoms. The van der Waals surface area contributed by atoms with Crippen molar-refractivity contribution in [3.8, 4) is 0 Å². The molecule has 0 aromatic rings. The van der Waals surface area contributed by atoms with Crippen molar-refractivity contribution in [2.24, 2.45) is 17.3 Å². The molecule has 0 aromatic heterocycles. The number of fused-ring (bicyclic) bond motifs is 1. The zero-order chi connectivity index (χ0) is 16.1. The van der Waals surface area contributed by atoms with E-state index in [4.69, 9.17) is 0 Å². The molecule has 0 aromatic carbocycles. The summed E-state index contributed by atoms with van der Waals surface area (Å²) in [6.07, 6.45) is 7.16. The lowest BCUT2D eigenvalue weighted by Gasteiger charge is -2.49. The third-order valence-electron chi connectivity index (χ3n) is 6.61. The van der Waals surface area contributed by atoms with E-state index in [-0.39, 0.29) is 17.3 Å². The zero-order valence-electron chi connectivity index (χ0n) is 14.2. The van der Waals surface area contributed by atoms with Gasteiger partial charge in [-0.1, -0.05) is 41.9 Å². The maximum atomic E-state index is 10.8. The smallest absolute Gasteiger partial charge is 0.0870 e. The molecule has 2 saturated carbocycles. The van der Waals surface area contributed by atoms with E-state index in [9.17, 15) is 10.2 Å². The van der Waals surface area contributed by atoms with Crippen LogP contribution in [-0.4, -0.2) is 22.4 Å². The van der Waals surface area contributed by atoms with Crippen LogP contribution < -0.4 is 0 Å². The van der Waals surface area contributed by atoms with Crippen molar-refractivity contribution in [3.05, 3.63) is 34.9 Å². The van der Waals surface area contributed by atoms with Crippen molar-refractivity contribution < 1.29 is 10.2 Å². The second-order valence-corrected chi connectivity index (χ2v) is 7.99. The molecule has 0 aliphatic heterocycles. The van der Waals surface area contributed by atoms with Gasteiger partial charge in [0.05, 0.1) is 12.2 Å². The van der Waals surface area contributed by atoms with Gasteiger partial charge in [0.2, 0.25) is 0 Å². The molecule has 0 heterocycles. The summed E-state index contributed by atoms with van der Waals surface area (Å²) in [6, 6.07) is 0. The lowest BCUT2D eigenvalue weighted by atomic mass is 9.59. The normalized spacial score (nSPS) is 48.6. The quantitative estimate of drug-likeness (QED) is 0.660. The van der Waals surface area contributed by atoms with E-state index < -0.39 is 12.2 Å². The number of allylic oxidation sites excluding steroid dienone is 4. The second-order valence-electron chi connectivity index (χ2n) is 7.99. The van der Waals surface area contributed by atoms with E-state index in [1.807, 2.05) is 0 Å². The Morgan fingerprint density at radius 3 is 2.64 bits per heavy atom. The molecule has 3 aliphatic rings. The highest BCUT2D eigenvalue weighted by Gasteiger charge is 2.56. The Labute approximate surface area is 134 Å². The lowest BCUT2D eigenvalue weighted by molar-refractivity contribution is -0.108. The van der Waals surface area contributed by atoms with Gasteiger partial charge in [-0.05, 0) is 52.4 Å². The van der Waals surface area contributed by atoms with Gasteiger partial charge in [0.25, 0.3) is 0 Å². The van der Waals surface area contributed by atoms with E-state index in [2.05, 4.69) is 33.4 Å². The Morgan fingerprint density at radius 2 is 1.91 bits per heavy atom. The Balaban J connectivity index is 2.08. The molecule has 2 nitrogen and oxygen atoms in total. The molecule has 2 fully saturated rings. The topological polar surface area (TPSA) is 40.5 Å². The largest absolute Gasteiger partial charge is 0.390 e. The van der Waals surface area contributed by atoms with Crippen LogP contribution in [0.3, 0.4) is 0 Å². The highest BCUT2D eigenvalue weighted by molar-refractivity contribution is 5.37. The number of hydrogen-bond acceptors (Lipinski definition) is 2. The molecule has 3 rings (SSSR count). The fraction of sp³-hybridized carbons (Fsp3) is 0.700. The summed E-state index contributed by atoms with van der Waals surface area (Å²) in [5, 5.41) is 21.5. The third-order valence-corrected chi connectivity index (χ3v) is 6.61. The minimum atomic E-state index is -0.665. The average Bonchev–Trinajstić information content (AvgIpc) is 2.83. The highest BCUT2D eigenvalue weighted by Crippen LogP contribution is 2.59. The van der Waals surface area contributed by atoms with E-state index in [1.54, 1.807) is 0 Å². The molecule has 122 valence electrons. The van der Waals surface area contributed by atoms with Crippen LogP contribution in [0.2, 0.25) is 0 Å². The zero-order valence-corrected chi connectivity index (χ0v) is 14.2. The fourth-order valence-electron chi connectivity index (χ4n) is 5.10. The van der Waals surface area contributed by atoms with E-state index in [0.29, 0.717) is 0 Å². The third kappa shape index (κ3) is 2.32. The Morgan fingerprint density at radius 1 is 1.18 bits per heavy atom. The van der Waals surface area contributed by atoms with Gasteiger partial charge in [-0.25, -0.2) is 0 Å². The van der Waals surface area contributed by atoms with Crippen molar-refractivity contribution in [2.75, 3.05) is 0 Å². The molecule has 2 N–H and O–H groups in total. The first-order chi connectivity index (χ1) is 10.4. The van der Waals surface area contributed by atoms with Gasteiger partial charge >= 0.3 is 0 Å². The van der Waals surface area contributed by atoms with Crippen LogP contribution in [0, 0.1) is 17.3 Å². The van der Waals surface area contributed by atoms with Gasteiger partial charge in [0.1, 0.15) is 0 Å². The first-order valence-corrected chi connectivity index (χ1v) is 8.75. The van der Waals surface area contributed by atoms with Gasteiger partial charge in [0.15, 0.2) is 0 Å². The van der Waals surface area contributed by atoms with Crippen molar-refractivity contribution in [3.63, 3.8) is 0 Å². The molecule has 2 bridgehead atoms. The van der Waals surface area contributed by atoms with Crippen LogP contribution >= 0.6 is 0 Å². The van der Waals surface area contributed by atoms with E-state index >= 15 is 0 Å². The van der Waals surface area contributed by atoms with Crippen molar-refractivity contribution in [1.29, 1.82) is 0 Å². The molecule has 22 heavy (non-hydrogen) atoms. The summed E-state index contributed by atoms with van der Waals surface area (Å²) in [5.41, 5.74) is 5.30. The molecular formula is C20H30O2. The molecule has 0 saturated heterocycles. The van der Waals surface area contributed by atoms with E-state index in [1.165, 1.54) is 22.3 Å². The van der Waals surface area contributed by atoms with Gasteiger partial charge in [-0.15, -0.1) is 0 Å². The predicted octanol–water partition coefficient (Wildman–Crippen LogP) is 4.15. The first-order valence-electron chi connectivity index (χ1n) is 8.75. The summed E-state index contributed by atoms with van der Waals surface area (Å²) in [5.74, 6) is 0.282. The standard InChI is InChI=1S/C20H30O2/c1-12-6-5-7-13(2)15-10-11-20(4)17(15)14(3)16(9-8-12)18(21)19(20)22/h6,16-19,21-22H,3,5,7-11H2,1-2,4H3/b12-6+,15-13-/t16-,17+,18-,19-,20-/m0/s1. The number of rotatable bonds is 0. The minimum absolute atomic E-state index is 0.0235. The van der Waals surface area contributed by atoms with Gasteiger partial charge in [-0.3, -0.25) is 0 Å².